The van der Waals surface area contributed by atoms with Crippen molar-refractivity contribution in [2.24, 2.45) is 11.7 Å². The number of aromatic amines is 1. The third kappa shape index (κ3) is 15.5. The first-order valence-corrected chi connectivity index (χ1v) is 18.8. The van der Waals surface area contributed by atoms with Crippen LogP contribution >= 0.6 is 0 Å². The van der Waals surface area contributed by atoms with Crippen LogP contribution in [0.2, 0.25) is 0 Å². The van der Waals surface area contributed by atoms with Gasteiger partial charge < -0.3 is 63.0 Å². The van der Waals surface area contributed by atoms with Crippen molar-refractivity contribution in [2.45, 2.75) is 88.8 Å². The molecule has 1 aromatic heterocycles. The zero-order valence-electron chi connectivity index (χ0n) is 32.9. The second-order valence-electron chi connectivity index (χ2n) is 14.3. The van der Waals surface area contributed by atoms with Crippen LogP contribution in [-0.4, -0.2) is 127 Å². The molecule has 0 saturated heterocycles. The van der Waals surface area contributed by atoms with Crippen molar-refractivity contribution in [2.75, 3.05) is 13.2 Å². The highest BCUT2D eigenvalue weighted by molar-refractivity contribution is 5.97. The second-order valence-corrected chi connectivity index (χ2v) is 14.3. The van der Waals surface area contributed by atoms with Gasteiger partial charge in [0.2, 0.25) is 35.4 Å². The van der Waals surface area contributed by atoms with Crippen LogP contribution in [0.5, 0.6) is 5.75 Å². The van der Waals surface area contributed by atoms with E-state index in [2.05, 4.69) is 41.9 Å². The molecule has 6 amide bonds. The lowest BCUT2D eigenvalue weighted by atomic mass is 10.0. The Kier molecular flexibility index (Phi) is 18.4. The number of aliphatic hydroxyl groups excluding tert-OH is 2. The number of phenols is 1. The quantitative estimate of drug-likeness (QED) is 0.0472. The minimum Gasteiger partial charge on any atom is -0.508 e. The van der Waals surface area contributed by atoms with Crippen LogP contribution in [0.15, 0.2) is 67.1 Å². The van der Waals surface area contributed by atoms with Crippen LogP contribution in [-0.2, 0) is 52.8 Å². The number of carbonyl (C=O) groups is 7. The molecule has 0 aliphatic rings. The van der Waals surface area contributed by atoms with E-state index in [4.69, 9.17) is 5.73 Å². The number of rotatable bonds is 23. The maximum absolute atomic E-state index is 13.7. The van der Waals surface area contributed by atoms with Gasteiger partial charge in [-0.3, -0.25) is 28.8 Å². The highest BCUT2D eigenvalue weighted by Gasteiger charge is 2.35. The van der Waals surface area contributed by atoms with Crippen molar-refractivity contribution in [1.82, 2.24) is 41.9 Å². The average Bonchev–Trinajstić information content (AvgIpc) is 3.71. The summed E-state index contributed by atoms with van der Waals surface area (Å²) in [7, 11) is 0. The van der Waals surface area contributed by atoms with Gasteiger partial charge in [-0.2, -0.15) is 0 Å². The molecule has 0 unspecified atom stereocenters. The Morgan fingerprint density at radius 2 is 1.20 bits per heavy atom. The van der Waals surface area contributed by atoms with Gasteiger partial charge in [0.25, 0.3) is 0 Å². The van der Waals surface area contributed by atoms with Gasteiger partial charge in [-0.05, 0) is 42.5 Å². The molecule has 0 saturated carbocycles. The predicted octanol–water partition coefficient (Wildman–Crippen LogP) is -2.49. The number of carbonyl (C=O) groups excluding carboxylic acids is 6. The number of amides is 6. The Morgan fingerprint density at radius 3 is 1.73 bits per heavy atom. The summed E-state index contributed by atoms with van der Waals surface area (Å²) in [6.45, 7) is 3.38. The Balaban J connectivity index is 1.79. The minimum atomic E-state index is -1.71. The van der Waals surface area contributed by atoms with Gasteiger partial charge in [0, 0.05) is 25.5 Å². The maximum Gasteiger partial charge on any atom is 0.326 e. The fourth-order valence-electron chi connectivity index (χ4n) is 5.84. The van der Waals surface area contributed by atoms with Gasteiger partial charge in [0.15, 0.2) is 0 Å². The van der Waals surface area contributed by atoms with E-state index in [1.807, 2.05) is 0 Å². The van der Waals surface area contributed by atoms with Crippen LogP contribution in [0, 0.1) is 5.92 Å². The van der Waals surface area contributed by atoms with Crippen molar-refractivity contribution in [3.63, 3.8) is 0 Å². The number of H-pyrrole nitrogens is 1. The summed E-state index contributed by atoms with van der Waals surface area (Å²) in [5.74, 6) is -6.99. The summed E-state index contributed by atoms with van der Waals surface area (Å²) in [6, 6.07) is 5.60. The molecule has 1 heterocycles. The summed E-state index contributed by atoms with van der Waals surface area (Å²) in [5, 5.41) is 55.0. The fraction of sp³-hybridized carbons (Fsp3) is 0.436. The molecule has 59 heavy (non-hydrogen) atoms. The predicted molar refractivity (Wildman–Crippen MR) is 211 cm³/mol. The summed E-state index contributed by atoms with van der Waals surface area (Å²) in [6.07, 6.45) is 0.866. The summed E-state index contributed by atoms with van der Waals surface area (Å²) < 4.78 is 0. The number of imidazole rings is 1. The normalized spacial score (nSPS) is 14.6. The first-order valence-electron chi connectivity index (χ1n) is 18.8. The van der Waals surface area contributed by atoms with Crippen LogP contribution in [0.3, 0.4) is 0 Å². The fourth-order valence-corrected chi connectivity index (χ4v) is 5.84. The first kappa shape index (κ1) is 47.0. The number of nitrogens with one attached hydrogen (secondary N) is 7. The number of phenolic OH excluding ortho intramolecular Hbond substituents is 1. The van der Waals surface area contributed by atoms with Crippen LogP contribution in [0.1, 0.15) is 44.0 Å². The van der Waals surface area contributed by atoms with Crippen molar-refractivity contribution in [1.29, 1.82) is 0 Å². The summed E-state index contributed by atoms with van der Waals surface area (Å²) in [5.41, 5.74) is 6.91. The molecule has 7 atom stereocenters. The number of aromatic hydroxyl groups is 1. The summed E-state index contributed by atoms with van der Waals surface area (Å²) in [4.78, 5) is 98.7. The van der Waals surface area contributed by atoms with Gasteiger partial charge in [-0.15, -0.1) is 0 Å². The van der Waals surface area contributed by atoms with E-state index in [0.717, 1.165) is 0 Å². The molecule has 0 spiro atoms. The van der Waals surface area contributed by atoms with Crippen molar-refractivity contribution in [3.05, 3.63) is 83.9 Å². The van der Waals surface area contributed by atoms with Crippen LogP contribution in [0.4, 0.5) is 0 Å². The highest BCUT2D eigenvalue weighted by atomic mass is 16.4. The van der Waals surface area contributed by atoms with E-state index < -0.39 is 96.9 Å². The molecule has 2 aromatic carbocycles. The lowest BCUT2D eigenvalue weighted by Crippen LogP contribution is -2.62. The Bertz CT molecular complexity index is 1860. The first-order chi connectivity index (χ1) is 28.0. The monoisotopic (exact) mass is 823 g/mol. The maximum atomic E-state index is 13.7. The molecule has 0 aliphatic heterocycles. The standard InChI is InChI=1S/C39H53N9O11/c1-21(2)13-27(44-37(56)31(19-49)47-34(53)28(43-32(52)17-40)14-23-7-5-4-6-8-23)36(55)48-33(22(3)50)38(57)45-29(15-24-9-11-26(51)12-10-24)35(54)46-30(39(58)59)16-25-18-41-20-42-25/h4-12,18,20-22,27-31,33,49-51H,13-17,19,40H2,1-3H3,(H,41,42)(H,43,52)(H,44,56)(H,45,57)(H,46,54)(H,47,53)(H,48,55)(H,58,59)/t22-,27+,28+,29+,30+,31+,33+/m1/s1. The molecule has 0 bridgehead atoms. The van der Waals surface area contributed by atoms with Gasteiger partial charge in [0.1, 0.15) is 42.0 Å². The molecule has 20 heteroatoms. The third-order valence-electron chi connectivity index (χ3n) is 8.93. The van der Waals surface area contributed by atoms with E-state index in [1.165, 1.54) is 43.7 Å². The Hall–Kier alpha value is -6.38. The molecule has 13 N–H and O–H groups in total. The number of aliphatic hydroxyl groups is 2. The van der Waals surface area contributed by atoms with E-state index in [9.17, 15) is 54.0 Å². The lowest BCUT2D eigenvalue weighted by molar-refractivity contribution is -0.142. The van der Waals surface area contributed by atoms with E-state index in [1.54, 1.807) is 44.2 Å². The average molecular weight is 824 g/mol. The van der Waals surface area contributed by atoms with Crippen molar-refractivity contribution in [3.8, 4) is 5.75 Å². The molecule has 0 aliphatic carbocycles. The largest absolute Gasteiger partial charge is 0.508 e. The van der Waals surface area contributed by atoms with Gasteiger partial charge >= 0.3 is 5.97 Å². The number of benzene rings is 2. The molecule has 20 nitrogen and oxygen atoms in total. The molecule has 0 fully saturated rings. The number of nitrogens with two attached hydrogens (primary N) is 1. The van der Waals surface area contributed by atoms with Gasteiger partial charge in [0.05, 0.1) is 31.3 Å². The number of carboxylic acids is 1. The van der Waals surface area contributed by atoms with Crippen molar-refractivity contribution >= 4 is 41.4 Å². The Morgan fingerprint density at radius 1 is 0.678 bits per heavy atom. The molecule has 3 aromatic rings. The molecular weight excluding hydrogens is 770 g/mol. The topological polar surface area (TPSA) is 327 Å². The zero-order valence-corrected chi connectivity index (χ0v) is 32.9. The second kappa shape index (κ2) is 23.1. The van der Waals surface area contributed by atoms with E-state index >= 15 is 0 Å². The number of hydrogen-bond donors (Lipinski definition) is 12. The number of nitrogens with zero attached hydrogens (tertiary/aromatic N) is 1. The SMILES string of the molecule is CC(C)C[C@H](NC(=O)[C@H](CO)NC(=O)[C@H](Cc1ccccc1)NC(=O)CN)C(=O)N[C@H](C(=O)N[C@@H](Cc1ccc(O)cc1)C(=O)N[C@@H](Cc1c[nH]cn1)C(=O)O)[C@@H](C)O. The van der Waals surface area contributed by atoms with Crippen molar-refractivity contribution < 1.29 is 54.0 Å². The lowest BCUT2D eigenvalue weighted by Gasteiger charge is -2.28. The molecule has 0 radical (unpaired) electrons. The van der Waals surface area contributed by atoms with Gasteiger partial charge in [-0.25, -0.2) is 9.78 Å². The van der Waals surface area contributed by atoms with E-state index in [-0.39, 0.29) is 37.4 Å². The molecule has 320 valence electrons. The minimum absolute atomic E-state index is 0.000529. The number of aromatic nitrogens is 2. The smallest absolute Gasteiger partial charge is 0.326 e. The summed E-state index contributed by atoms with van der Waals surface area (Å²) >= 11 is 0. The highest BCUT2D eigenvalue weighted by Crippen LogP contribution is 2.13. The number of aliphatic carboxylic acids is 1. The van der Waals surface area contributed by atoms with Gasteiger partial charge in [-0.1, -0.05) is 56.3 Å². The molecule has 3 rings (SSSR count). The third-order valence-corrected chi connectivity index (χ3v) is 8.93. The van der Waals surface area contributed by atoms with Crippen LogP contribution in [0.25, 0.3) is 0 Å². The Labute approximate surface area is 340 Å². The number of carboxylic acid groups (broad SMARTS) is 1. The van der Waals surface area contributed by atoms with Crippen LogP contribution < -0.4 is 37.6 Å². The number of hydrogen-bond acceptors (Lipinski definition) is 12. The molecular formula is C39H53N9O11. The zero-order chi connectivity index (χ0) is 43.6. The van der Waals surface area contributed by atoms with E-state index in [0.29, 0.717) is 16.8 Å².